The van der Waals surface area contributed by atoms with Crippen LogP contribution < -0.4 is 4.90 Å². The summed E-state index contributed by atoms with van der Waals surface area (Å²) in [6.45, 7) is 23.2. The van der Waals surface area contributed by atoms with Crippen molar-refractivity contribution in [2.24, 2.45) is 0 Å². The van der Waals surface area contributed by atoms with Crippen molar-refractivity contribution in [1.29, 1.82) is 0 Å². The molecule has 6 aromatic carbocycles. The van der Waals surface area contributed by atoms with Gasteiger partial charge in [0.15, 0.2) is 0 Å². The van der Waals surface area contributed by atoms with Crippen LogP contribution in [0.2, 0.25) is 0 Å². The molecule has 0 radical (unpaired) electrons. The van der Waals surface area contributed by atoms with Crippen molar-refractivity contribution in [3.05, 3.63) is 149 Å². The van der Waals surface area contributed by atoms with Crippen LogP contribution in [-0.4, -0.2) is 0 Å². The molecule has 7 aromatic rings. The molecule has 0 saturated carbocycles. The minimum Gasteiger partial charge on any atom is -0.456 e. The van der Waals surface area contributed by atoms with Crippen LogP contribution in [0.25, 0.3) is 44.2 Å². The predicted octanol–water partition coefficient (Wildman–Crippen LogP) is 14.3. The molecule has 0 atom stereocenters. The van der Waals surface area contributed by atoms with Crippen LogP contribution in [-0.2, 0) is 21.7 Å². The zero-order valence-electron chi connectivity index (χ0n) is 32.3. The first-order chi connectivity index (χ1) is 24.5. The second-order valence-electron chi connectivity index (χ2n) is 18.3. The molecule has 1 heterocycles. The van der Waals surface area contributed by atoms with Gasteiger partial charge in [-0.15, -0.1) is 0 Å². The van der Waals surface area contributed by atoms with Gasteiger partial charge in [-0.25, -0.2) is 0 Å². The number of hydrogen-bond donors (Lipinski definition) is 0. The van der Waals surface area contributed by atoms with Gasteiger partial charge in [-0.2, -0.15) is 0 Å². The number of furan rings is 1. The lowest BCUT2D eigenvalue weighted by atomic mass is 9.79. The number of benzene rings is 6. The number of anilines is 3. The van der Waals surface area contributed by atoms with E-state index < -0.39 is 0 Å². The maximum Gasteiger partial charge on any atom is 0.136 e. The lowest BCUT2D eigenvalue weighted by Crippen LogP contribution is -2.17. The molecular formula is C50H49NO. The van der Waals surface area contributed by atoms with Gasteiger partial charge in [0.1, 0.15) is 11.2 Å². The average Bonchev–Trinajstić information content (AvgIpc) is 3.66. The van der Waals surface area contributed by atoms with Gasteiger partial charge in [0.2, 0.25) is 0 Å². The Morgan fingerprint density at radius 1 is 0.462 bits per heavy atom. The van der Waals surface area contributed by atoms with Crippen LogP contribution in [0.4, 0.5) is 17.1 Å². The second-order valence-corrected chi connectivity index (χ2v) is 18.3. The highest BCUT2D eigenvalue weighted by molar-refractivity contribution is 6.09. The quantitative estimate of drug-likeness (QED) is 0.185. The van der Waals surface area contributed by atoms with E-state index in [2.05, 4.69) is 189 Å². The summed E-state index contributed by atoms with van der Waals surface area (Å²) in [4.78, 5) is 2.46. The third-order valence-corrected chi connectivity index (χ3v) is 12.1. The molecule has 260 valence electrons. The van der Waals surface area contributed by atoms with Gasteiger partial charge in [-0.3, -0.25) is 0 Å². The molecule has 2 heteroatoms. The van der Waals surface area contributed by atoms with Crippen molar-refractivity contribution in [2.75, 3.05) is 4.90 Å². The highest BCUT2D eigenvalue weighted by atomic mass is 16.3. The summed E-state index contributed by atoms with van der Waals surface area (Å²) in [5.74, 6) is 0. The predicted molar refractivity (Wildman–Crippen MR) is 221 cm³/mol. The topological polar surface area (TPSA) is 16.4 Å². The van der Waals surface area contributed by atoms with Crippen LogP contribution in [0.5, 0.6) is 0 Å². The van der Waals surface area contributed by atoms with Crippen LogP contribution in [0, 0.1) is 0 Å². The fourth-order valence-electron chi connectivity index (χ4n) is 9.18. The monoisotopic (exact) mass is 679 g/mol. The average molecular weight is 680 g/mol. The highest BCUT2D eigenvalue weighted by Crippen LogP contribution is 2.53. The van der Waals surface area contributed by atoms with Crippen LogP contribution in [0.3, 0.4) is 0 Å². The molecule has 52 heavy (non-hydrogen) atoms. The molecular weight excluding hydrogens is 631 g/mol. The first-order valence-electron chi connectivity index (χ1n) is 18.9. The van der Waals surface area contributed by atoms with Crippen molar-refractivity contribution in [3.8, 4) is 22.3 Å². The van der Waals surface area contributed by atoms with E-state index in [4.69, 9.17) is 4.42 Å². The third kappa shape index (κ3) is 4.69. The fourth-order valence-corrected chi connectivity index (χ4v) is 9.18. The molecule has 2 aliphatic carbocycles. The zero-order chi connectivity index (χ0) is 36.5. The molecule has 2 aliphatic rings. The van der Waals surface area contributed by atoms with E-state index in [0.717, 1.165) is 33.6 Å². The van der Waals surface area contributed by atoms with E-state index in [1.807, 2.05) is 0 Å². The zero-order valence-corrected chi connectivity index (χ0v) is 32.3. The summed E-state index contributed by atoms with van der Waals surface area (Å²) in [6, 6.07) is 43.5. The number of hydrogen-bond acceptors (Lipinski definition) is 2. The van der Waals surface area contributed by atoms with E-state index in [-0.39, 0.29) is 21.7 Å². The van der Waals surface area contributed by atoms with Crippen LogP contribution in [0.15, 0.2) is 120 Å². The van der Waals surface area contributed by atoms with Crippen LogP contribution in [0.1, 0.15) is 103 Å². The SMILES string of the molecule is CC(C)(C)c1cc(C(C)(C)C)c2c(c1)oc1ccc(N(c3ccc4c(c3)-c3ccccc3C4(C)C)c3ccc4c(c3)C(C)(C)c3ccccc3-4)cc12. The van der Waals surface area contributed by atoms with Crippen molar-refractivity contribution >= 4 is 39.0 Å². The minimum atomic E-state index is -0.106. The molecule has 2 nitrogen and oxygen atoms in total. The molecule has 0 N–H and O–H groups in total. The van der Waals surface area contributed by atoms with E-state index >= 15 is 0 Å². The maximum atomic E-state index is 6.70. The Bertz CT molecular complexity index is 2600. The maximum absolute atomic E-state index is 6.70. The molecule has 0 spiro atoms. The van der Waals surface area contributed by atoms with E-state index in [9.17, 15) is 0 Å². The first-order valence-corrected chi connectivity index (χ1v) is 18.9. The van der Waals surface area contributed by atoms with Crippen molar-refractivity contribution in [1.82, 2.24) is 0 Å². The molecule has 0 aliphatic heterocycles. The summed E-state index contributed by atoms with van der Waals surface area (Å²) in [5.41, 5.74) is 18.6. The summed E-state index contributed by atoms with van der Waals surface area (Å²) in [6.07, 6.45) is 0. The summed E-state index contributed by atoms with van der Waals surface area (Å²) in [5, 5.41) is 2.37. The summed E-state index contributed by atoms with van der Waals surface area (Å²) < 4.78 is 6.70. The summed E-state index contributed by atoms with van der Waals surface area (Å²) >= 11 is 0. The van der Waals surface area contributed by atoms with Crippen molar-refractivity contribution in [2.45, 2.75) is 90.9 Å². The van der Waals surface area contributed by atoms with Crippen LogP contribution >= 0.6 is 0 Å². The van der Waals surface area contributed by atoms with Gasteiger partial charge < -0.3 is 9.32 Å². The first kappa shape index (κ1) is 32.8. The van der Waals surface area contributed by atoms with Gasteiger partial charge in [-0.1, -0.05) is 136 Å². The third-order valence-electron chi connectivity index (χ3n) is 12.1. The fraction of sp³-hybridized carbons (Fsp3) is 0.280. The number of fused-ring (bicyclic) bond motifs is 9. The molecule has 0 fully saturated rings. The largest absolute Gasteiger partial charge is 0.456 e. The number of rotatable bonds is 3. The van der Waals surface area contributed by atoms with Gasteiger partial charge in [0, 0.05) is 38.7 Å². The Hall–Kier alpha value is -5.08. The Labute approximate surface area is 309 Å². The smallest absolute Gasteiger partial charge is 0.136 e. The van der Waals surface area contributed by atoms with Gasteiger partial charge in [-0.05, 0) is 115 Å². The molecule has 0 unspecified atom stereocenters. The van der Waals surface area contributed by atoms with E-state index in [1.165, 1.54) is 61.0 Å². The minimum absolute atomic E-state index is 0.0108. The molecule has 0 saturated heterocycles. The number of nitrogens with zero attached hydrogens (tertiary/aromatic N) is 1. The van der Waals surface area contributed by atoms with Gasteiger partial charge >= 0.3 is 0 Å². The normalized spacial score (nSPS) is 15.4. The van der Waals surface area contributed by atoms with Gasteiger partial charge in [0.25, 0.3) is 0 Å². The Morgan fingerprint density at radius 3 is 1.67 bits per heavy atom. The second kappa shape index (κ2) is 10.7. The van der Waals surface area contributed by atoms with Crippen molar-refractivity contribution in [3.63, 3.8) is 0 Å². The molecule has 1 aromatic heterocycles. The standard InChI is InChI=1S/C50H49NO/c1-47(2,3)30-25-43(48(4,5)6)46-38-28-32(21-24-44(38)52-45(46)26-30)51(31-20-23-41-37(27-31)35-16-12-14-18-40(35)49(41,7)8)33-19-22-36-34-15-11-13-17-39(34)50(9,10)42(36)29-33/h11-29H,1-10H3. The Morgan fingerprint density at radius 2 is 1.00 bits per heavy atom. The lowest BCUT2D eigenvalue weighted by Gasteiger charge is -2.29. The molecule has 0 amide bonds. The molecule has 9 rings (SSSR count). The van der Waals surface area contributed by atoms with E-state index in [0.29, 0.717) is 0 Å². The molecule has 0 bridgehead atoms. The van der Waals surface area contributed by atoms with Crippen molar-refractivity contribution < 1.29 is 4.42 Å². The Kier molecular flexibility index (Phi) is 6.77. The highest BCUT2D eigenvalue weighted by Gasteiger charge is 2.38. The Balaban J connectivity index is 1.30. The van der Waals surface area contributed by atoms with Gasteiger partial charge in [0.05, 0.1) is 0 Å². The van der Waals surface area contributed by atoms with E-state index in [1.54, 1.807) is 0 Å². The summed E-state index contributed by atoms with van der Waals surface area (Å²) in [7, 11) is 0. The lowest BCUT2D eigenvalue weighted by molar-refractivity contribution is 0.569.